The average Bonchev–Trinajstić information content (AvgIpc) is 1.60. The number of aliphatic hydroxyl groups excluding tert-OH is 5. The van der Waals surface area contributed by atoms with Gasteiger partial charge in [-0.25, -0.2) is 17.6 Å². The molecule has 125 heavy (non-hydrogen) atoms. The van der Waals surface area contributed by atoms with Crippen molar-refractivity contribution < 1.29 is 172 Å². The number of aliphatic hydroxyl groups is 5. The van der Waals surface area contributed by atoms with Crippen LogP contribution in [-0.4, -0.2) is 105 Å². The van der Waals surface area contributed by atoms with Crippen molar-refractivity contribution in [2.45, 2.75) is 95.9 Å². The molecule has 34 heteroatoms. The van der Waals surface area contributed by atoms with E-state index in [-0.39, 0.29) is 180 Å². The van der Waals surface area contributed by atoms with Crippen molar-refractivity contribution >= 4 is 95.5 Å². The number of Topliss-reactive ketones (excluding diaryl/α,β-unsaturated/α-hetero) is 1. The van der Waals surface area contributed by atoms with Crippen molar-refractivity contribution in [3.05, 3.63) is 312 Å². The number of benzene rings is 6. The first-order chi connectivity index (χ1) is 57.2. The van der Waals surface area contributed by atoms with Gasteiger partial charge in [-0.1, -0.05) is 140 Å². The van der Waals surface area contributed by atoms with Crippen molar-refractivity contribution in [1.29, 1.82) is 0 Å². The van der Waals surface area contributed by atoms with Crippen LogP contribution in [0.25, 0.3) is 101 Å². The fourth-order valence-electron chi connectivity index (χ4n) is 10.4. The average molecular weight is 2600 g/mol. The zero-order valence-corrected chi connectivity index (χ0v) is 80.5. The van der Waals surface area contributed by atoms with Gasteiger partial charge in [0.15, 0.2) is 52.2 Å². The van der Waals surface area contributed by atoms with Crippen LogP contribution in [0.4, 0.5) is 23.2 Å². The molecule has 15 aromatic rings. The van der Waals surface area contributed by atoms with E-state index in [1.165, 1.54) is 117 Å². The Morgan fingerprint density at radius 1 is 0.352 bits per heavy atom. The predicted molar refractivity (Wildman–Crippen MR) is 454 cm³/mol. The van der Waals surface area contributed by atoms with Crippen molar-refractivity contribution in [2.24, 2.45) is 4.99 Å². The van der Waals surface area contributed by atoms with E-state index in [9.17, 15) is 41.5 Å². The maximum atomic E-state index is 13.5. The number of hydrogen-bond donors (Lipinski definition) is 5. The Morgan fingerprint density at radius 3 is 0.968 bits per heavy atom. The molecule has 0 radical (unpaired) electrons. The van der Waals surface area contributed by atoms with Crippen molar-refractivity contribution in [2.75, 3.05) is 0 Å². The molecule has 1 aliphatic rings. The standard InChI is InChI=1S/C16H12N3.C13H10N3.C12H4F4N3.2C12H8N3.C6H10O2.4C5H8O2.5Pt/c1-10-11-6-2-3-7-12(11)17-15(10)16-18-13-8-4-5-9-14(13)19-16;1-9-6-7-14-12(8-9)13-15-10-4-2-3-5-11(10)16-13;13-6-7(14)9(16)11-10(8(6)15)18-12(19-11)5-3-1-2-4-17-5;2*1-2-6-10-9(5-1)14-12(15-10)11-7-3-4-8-13-11;1-4(5(2)7)6(3)8;4*1-4(6)3-5(2)7;;;;;/h2-10H,1H3;2-8H,1H3;1-4H;2*1-8H;7H,1-3H3;4*3,6H,1-2H3;;;;;/q5*-1;;;;;;;;;;. The first kappa shape index (κ1) is 109. The van der Waals surface area contributed by atoms with Gasteiger partial charge in [-0.2, -0.15) is 0 Å². The van der Waals surface area contributed by atoms with Crippen LogP contribution < -0.4 is 24.9 Å². The Balaban J connectivity index is 0.000000480. The number of aryl methyl sites for hydroxylation is 1. The number of imidazole rings is 5. The first-order valence-electron chi connectivity index (χ1n) is 36.7. The van der Waals surface area contributed by atoms with Crippen LogP contribution in [0.5, 0.6) is 0 Å². The Morgan fingerprint density at radius 2 is 0.664 bits per heavy atom. The van der Waals surface area contributed by atoms with Crippen molar-refractivity contribution in [3.63, 3.8) is 0 Å². The third kappa shape index (κ3) is 35.0. The van der Waals surface area contributed by atoms with E-state index < -0.39 is 34.3 Å². The SMILES string of the molecule is CC(=O)C(C)=C(C)O.CC(=O)C=C(C)O.CC(=O)C=C(C)O.CC(=O)C=C(C)O.CC(=O)C=C(C)O.CC1C(c2nc3ccccc3[n-]2)=Nc2ccccc21.Cc1ccnc(-c2nc3ccccc3[n-]2)c1.Fc1c(F)c(F)c2[n-]c(-c3ccccn3)nc2c1F.[Pt].[Pt].[Pt].[Pt].[Pt].c1ccc(-c2nc3ccccc3[n-]2)nc1.c1ccc(-c2nc3ccccc3[n-]2)nc1. The Labute approximate surface area is 789 Å². The minimum absolute atomic E-state index is 0. The second kappa shape index (κ2) is 54.7. The van der Waals surface area contributed by atoms with Gasteiger partial charge in [-0.15, -0.1) is 0 Å². The van der Waals surface area contributed by atoms with Crippen LogP contribution >= 0.6 is 0 Å². The number of halogens is 4. The summed E-state index contributed by atoms with van der Waals surface area (Å²) in [5, 5.41) is 42.1. The molecule has 1 unspecified atom stereocenters. The summed E-state index contributed by atoms with van der Waals surface area (Å²) in [5.74, 6) is -4.17. The largest absolute Gasteiger partial charge is 0.512 e. The van der Waals surface area contributed by atoms with Crippen LogP contribution in [0.3, 0.4) is 0 Å². The summed E-state index contributed by atoms with van der Waals surface area (Å²) in [5.41, 5.74) is 13.6. The quantitative estimate of drug-likeness (QED) is 0.0279. The Bertz CT molecular complexity index is 5840. The third-order valence-corrected chi connectivity index (χ3v) is 15.8. The van der Waals surface area contributed by atoms with Crippen molar-refractivity contribution in [3.8, 4) is 46.1 Å². The number of aromatic nitrogens is 14. The molecule has 0 amide bonds. The van der Waals surface area contributed by atoms with E-state index in [1.807, 2.05) is 165 Å². The summed E-state index contributed by atoms with van der Waals surface area (Å²) in [6.07, 6.45) is 11.4. The van der Waals surface area contributed by atoms with Crippen LogP contribution in [-0.2, 0) is 129 Å². The fraction of sp³-hybridized carbons (Fsp3) is 0.154. The topological polar surface area (TPSA) is 385 Å². The smallest absolute Gasteiger partial charge is 0.197 e. The summed E-state index contributed by atoms with van der Waals surface area (Å²) < 4.78 is 53.0. The summed E-state index contributed by atoms with van der Waals surface area (Å²) in [6, 6.07) is 59.8. The molecule has 1 aliphatic heterocycles. The molecule has 0 spiro atoms. The predicted octanol–water partition coefficient (Wildman–Crippen LogP) is 18.9. The molecule has 0 aliphatic carbocycles. The fourth-order valence-corrected chi connectivity index (χ4v) is 10.4. The molecule has 5 N–H and O–H groups in total. The van der Waals surface area contributed by atoms with Gasteiger partial charge < -0.3 is 75.4 Å². The number of allylic oxidation sites excluding steroid dienone is 10. The van der Waals surface area contributed by atoms with Gasteiger partial charge in [0.05, 0.1) is 57.3 Å². The van der Waals surface area contributed by atoms with E-state index in [0.29, 0.717) is 23.0 Å². The number of rotatable bonds is 10. The van der Waals surface area contributed by atoms with Crippen LogP contribution in [0.2, 0.25) is 0 Å². The number of carbonyl (C=O) groups is 5. The second-order valence-corrected chi connectivity index (χ2v) is 26.1. The van der Waals surface area contributed by atoms with Crippen LogP contribution in [0.15, 0.2) is 277 Å². The summed E-state index contributed by atoms with van der Waals surface area (Å²) in [6.45, 7) is 20.1. The normalized spacial score (nSPS) is 11.7. The third-order valence-electron chi connectivity index (χ3n) is 15.8. The molecule has 0 fully saturated rings. The van der Waals surface area contributed by atoms with E-state index in [2.05, 4.69) is 93.8 Å². The number of aliphatic imine (C=N–C) groups is 1. The molecule has 16 rings (SSSR count). The summed E-state index contributed by atoms with van der Waals surface area (Å²) in [4.78, 5) is 115. The minimum atomic E-state index is -1.91. The number of pyridine rings is 4. The zero-order chi connectivity index (χ0) is 87.7. The molecule has 1 atom stereocenters. The molecule has 666 valence electrons. The summed E-state index contributed by atoms with van der Waals surface area (Å²) in [7, 11) is 0. The molecule has 25 nitrogen and oxygen atoms in total. The van der Waals surface area contributed by atoms with Gasteiger partial charge >= 0.3 is 0 Å². The number of hydrogen-bond acceptors (Lipinski definition) is 20. The number of ketones is 5. The summed E-state index contributed by atoms with van der Waals surface area (Å²) >= 11 is 0. The molecule has 0 saturated heterocycles. The molecular weight excluding hydrogens is 2510 g/mol. The van der Waals surface area contributed by atoms with Crippen LogP contribution in [0.1, 0.15) is 106 Å². The van der Waals surface area contributed by atoms with Gasteiger partial charge in [0.2, 0.25) is 0 Å². The first-order valence-corrected chi connectivity index (χ1v) is 36.7. The zero-order valence-electron chi connectivity index (χ0n) is 69.2. The number of fused-ring (bicyclic) bond motifs is 6. The molecule has 9 aromatic heterocycles. The molecule has 10 heterocycles. The maximum Gasteiger partial charge on any atom is 0.197 e. The van der Waals surface area contributed by atoms with Gasteiger partial charge in [0.1, 0.15) is 0 Å². The van der Waals surface area contributed by atoms with E-state index in [1.54, 1.807) is 37.6 Å². The number of para-hydroxylation sites is 9. The molecule has 6 aromatic carbocycles. The van der Waals surface area contributed by atoms with Gasteiger partial charge in [-0.3, -0.25) is 48.9 Å². The maximum absolute atomic E-state index is 13.5. The monoisotopic (exact) mass is 2600 g/mol. The van der Waals surface area contributed by atoms with E-state index >= 15 is 0 Å². The van der Waals surface area contributed by atoms with E-state index in [0.717, 1.165) is 78.4 Å². The number of carbonyl (C=O) groups excluding carboxylic acids is 5. The van der Waals surface area contributed by atoms with E-state index in [4.69, 9.17) is 25.5 Å². The molecule has 0 bridgehead atoms. The van der Waals surface area contributed by atoms with Crippen LogP contribution in [0, 0.1) is 30.2 Å². The van der Waals surface area contributed by atoms with Gasteiger partial charge in [0.25, 0.3) is 0 Å². The second-order valence-electron chi connectivity index (χ2n) is 26.1. The van der Waals surface area contributed by atoms with Gasteiger partial charge in [-0.05, 0) is 222 Å². The van der Waals surface area contributed by atoms with Crippen molar-refractivity contribution in [1.82, 2.24) is 69.8 Å². The Hall–Kier alpha value is -11.8. The molecular formula is C91H84F4N15O10Pt5-5. The number of nitrogens with zero attached hydrogens (tertiary/aromatic N) is 15. The minimum Gasteiger partial charge on any atom is -0.512 e. The molecule has 0 saturated carbocycles. The van der Waals surface area contributed by atoms with Gasteiger partial charge in [0, 0.05) is 183 Å². The Kier molecular flexibility index (Phi) is 47.8.